The molecule has 0 aromatic carbocycles. The molecule has 1 aromatic rings. The lowest BCUT2D eigenvalue weighted by Gasteiger charge is -2.31. The van der Waals surface area contributed by atoms with Crippen LogP contribution in [0.3, 0.4) is 0 Å². The molecule has 0 radical (unpaired) electrons. The van der Waals surface area contributed by atoms with Crippen molar-refractivity contribution in [3.05, 3.63) is 18.0 Å². The number of carbonyl (C=O) groups excluding carboxylic acids is 1. The Balaban J connectivity index is 1.93. The summed E-state index contributed by atoms with van der Waals surface area (Å²) >= 11 is 0. The molecule has 1 fully saturated rings. The Bertz CT molecular complexity index is 448. The third-order valence-electron chi connectivity index (χ3n) is 3.77. The minimum absolute atomic E-state index is 0.0400. The van der Waals surface area contributed by atoms with Crippen LogP contribution >= 0.6 is 0 Å². The van der Waals surface area contributed by atoms with E-state index in [-0.39, 0.29) is 11.8 Å². The Hall–Kier alpha value is -1.69. The summed E-state index contributed by atoms with van der Waals surface area (Å²) in [6.07, 6.45) is 6.80. The number of nitrogens with zero attached hydrogens (tertiary/aromatic N) is 3. The second-order valence-electron chi connectivity index (χ2n) is 5.47. The van der Waals surface area contributed by atoms with E-state index in [4.69, 9.17) is 0 Å². The molecule has 2 rings (SSSR count). The Morgan fingerprint density at radius 2 is 2.19 bits per heavy atom. The number of rotatable bonds is 6. The maximum atomic E-state index is 11.8. The first-order chi connectivity index (χ1) is 10.2. The number of hydrogen-bond donors (Lipinski definition) is 2. The molecule has 1 aliphatic rings. The topological polar surface area (TPSA) is 70.2 Å². The first-order valence-corrected chi connectivity index (χ1v) is 7.72. The van der Waals surface area contributed by atoms with Crippen LogP contribution in [-0.4, -0.2) is 42.6 Å². The SMILES string of the molecule is CCCNCc1cnc(N2CCCC(C(=O)NC)C2)nc1. The highest BCUT2D eigenvalue weighted by Crippen LogP contribution is 2.20. The number of nitrogens with one attached hydrogen (secondary N) is 2. The summed E-state index contributed by atoms with van der Waals surface area (Å²) < 4.78 is 0. The normalized spacial score (nSPS) is 18.6. The molecule has 1 saturated heterocycles. The monoisotopic (exact) mass is 291 g/mol. The van der Waals surface area contributed by atoms with Gasteiger partial charge in [-0.15, -0.1) is 0 Å². The lowest BCUT2D eigenvalue weighted by Crippen LogP contribution is -2.42. The van der Waals surface area contributed by atoms with Crippen LogP contribution in [0.1, 0.15) is 31.7 Å². The molecule has 1 amide bonds. The van der Waals surface area contributed by atoms with Gasteiger partial charge in [-0.3, -0.25) is 4.79 Å². The van der Waals surface area contributed by atoms with E-state index < -0.39 is 0 Å². The maximum Gasteiger partial charge on any atom is 0.225 e. The summed E-state index contributed by atoms with van der Waals surface area (Å²) in [5.74, 6) is 0.876. The summed E-state index contributed by atoms with van der Waals surface area (Å²) in [7, 11) is 1.69. The van der Waals surface area contributed by atoms with E-state index in [2.05, 4.69) is 32.4 Å². The molecule has 6 heteroatoms. The van der Waals surface area contributed by atoms with Gasteiger partial charge in [0.15, 0.2) is 0 Å². The summed E-state index contributed by atoms with van der Waals surface area (Å²) in [4.78, 5) is 22.7. The summed E-state index contributed by atoms with van der Waals surface area (Å²) in [5, 5.41) is 6.06. The lowest BCUT2D eigenvalue weighted by atomic mass is 9.97. The first kappa shape index (κ1) is 15.7. The van der Waals surface area contributed by atoms with E-state index in [0.29, 0.717) is 6.54 Å². The van der Waals surface area contributed by atoms with Gasteiger partial charge in [-0.2, -0.15) is 0 Å². The predicted molar refractivity (Wildman–Crippen MR) is 83.0 cm³/mol. The smallest absolute Gasteiger partial charge is 0.225 e. The Morgan fingerprint density at radius 1 is 1.43 bits per heavy atom. The van der Waals surface area contributed by atoms with Crippen LogP contribution in [0.2, 0.25) is 0 Å². The fourth-order valence-corrected chi connectivity index (χ4v) is 2.59. The van der Waals surface area contributed by atoms with Gasteiger partial charge < -0.3 is 15.5 Å². The van der Waals surface area contributed by atoms with Crippen molar-refractivity contribution in [2.24, 2.45) is 5.92 Å². The molecular formula is C15H25N5O. The van der Waals surface area contributed by atoms with Gasteiger partial charge in [0.2, 0.25) is 11.9 Å². The minimum atomic E-state index is 0.0400. The van der Waals surface area contributed by atoms with Crippen LogP contribution in [-0.2, 0) is 11.3 Å². The fraction of sp³-hybridized carbons (Fsp3) is 0.667. The molecule has 6 nitrogen and oxygen atoms in total. The highest BCUT2D eigenvalue weighted by molar-refractivity contribution is 5.79. The fourth-order valence-electron chi connectivity index (χ4n) is 2.59. The molecule has 0 saturated carbocycles. The second kappa shape index (κ2) is 7.93. The number of amides is 1. The molecule has 116 valence electrons. The van der Waals surface area contributed by atoms with E-state index in [1.54, 1.807) is 7.05 Å². The zero-order valence-electron chi connectivity index (χ0n) is 12.9. The third kappa shape index (κ3) is 4.39. The molecule has 0 bridgehead atoms. The second-order valence-corrected chi connectivity index (χ2v) is 5.47. The van der Waals surface area contributed by atoms with Crippen molar-refractivity contribution in [3.63, 3.8) is 0 Å². The Kier molecular flexibility index (Phi) is 5.92. The molecule has 2 N–H and O–H groups in total. The van der Waals surface area contributed by atoms with Crippen molar-refractivity contribution in [1.29, 1.82) is 0 Å². The molecule has 1 aliphatic heterocycles. The first-order valence-electron chi connectivity index (χ1n) is 7.72. The van der Waals surface area contributed by atoms with Crippen molar-refractivity contribution < 1.29 is 4.79 Å². The van der Waals surface area contributed by atoms with Crippen LogP contribution < -0.4 is 15.5 Å². The van der Waals surface area contributed by atoms with Crippen molar-refractivity contribution in [2.45, 2.75) is 32.7 Å². The van der Waals surface area contributed by atoms with Gasteiger partial charge >= 0.3 is 0 Å². The molecule has 2 heterocycles. The molecule has 0 aliphatic carbocycles. The van der Waals surface area contributed by atoms with E-state index >= 15 is 0 Å². The van der Waals surface area contributed by atoms with Crippen LogP contribution in [0.15, 0.2) is 12.4 Å². The highest BCUT2D eigenvalue weighted by atomic mass is 16.1. The molecule has 0 spiro atoms. The molecule has 1 aromatic heterocycles. The van der Waals surface area contributed by atoms with Gasteiger partial charge in [0.05, 0.1) is 5.92 Å². The summed E-state index contributed by atoms with van der Waals surface area (Å²) in [6.45, 7) is 5.57. The Morgan fingerprint density at radius 3 is 2.86 bits per heavy atom. The van der Waals surface area contributed by atoms with Gasteiger partial charge in [-0.25, -0.2) is 9.97 Å². The van der Waals surface area contributed by atoms with Crippen molar-refractivity contribution in [2.75, 3.05) is 31.6 Å². The van der Waals surface area contributed by atoms with E-state index in [1.807, 2.05) is 12.4 Å². The highest BCUT2D eigenvalue weighted by Gasteiger charge is 2.26. The molecular weight excluding hydrogens is 266 g/mol. The maximum absolute atomic E-state index is 11.8. The van der Waals surface area contributed by atoms with Crippen molar-refractivity contribution in [1.82, 2.24) is 20.6 Å². The van der Waals surface area contributed by atoms with Gasteiger partial charge in [-0.05, 0) is 25.8 Å². The van der Waals surface area contributed by atoms with Gasteiger partial charge in [0.1, 0.15) is 0 Å². The van der Waals surface area contributed by atoms with Crippen LogP contribution in [0.25, 0.3) is 0 Å². The van der Waals surface area contributed by atoms with Gasteiger partial charge in [0.25, 0.3) is 0 Å². The van der Waals surface area contributed by atoms with E-state index in [9.17, 15) is 4.79 Å². The zero-order chi connectivity index (χ0) is 15.1. The summed E-state index contributed by atoms with van der Waals surface area (Å²) in [5.41, 5.74) is 1.09. The third-order valence-corrected chi connectivity index (χ3v) is 3.77. The van der Waals surface area contributed by atoms with Crippen molar-refractivity contribution >= 4 is 11.9 Å². The van der Waals surface area contributed by atoms with Crippen molar-refractivity contribution in [3.8, 4) is 0 Å². The number of piperidine rings is 1. The van der Waals surface area contributed by atoms with E-state index in [1.165, 1.54) is 0 Å². The van der Waals surface area contributed by atoms with Crippen LogP contribution in [0.4, 0.5) is 5.95 Å². The number of carbonyl (C=O) groups is 1. The number of anilines is 1. The number of hydrogen-bond acceptors (Lipinski definition) is 5. The van der Waals surface area contributed by atoms with Crippen LogP contribution in [0.5, 0.6) is 0 Å². The van der Waals surface area contributed by atoms with Crippen LogP contribution in [0, 0.1) is 5.92 Å². The summed E-state index contributed by atoms with van der Waals surface area (Å²) in [6, 6.07) is 0. The molecule has 21 heavy (non-hydrogen) atoms. The zero-order valence-corrected chi connectivity index (χ0v) is 12.9. The molecule has 1 atom stereocenters. The van der Waals surface area contributed by atoms with E-state index in [0.717, 1.165) is 50.4 Å². The lowest BCUT2D eigenvalue weighted by molar-refractivity contribution is -0.124. The number of aromatic nitrogens is 2. The minimum Gasteiger partial charge on any atom is -0.359 e. The van der Waals surface area contributed by atoms with Gasteiger partial charge in [-0.1, -0.05) is 6.92 Å². The Labute approximate surface area is 126 Å². The average Bonchev–Trinajstić information content (AvgIpc) is 2.55. The molecule has 1 unspecified atom stereocenters. The average molecular weight is 291 g/mol. The van der Waals surface area contributed by atoms with Gasteiger partial charge in [0, 0.05) is 44.6 Å². The standard InChI is InChI=1S/C15H25N5O/c1-3-6-17-8-12-9-18-15(19-10-12)20-7-4-5-13(11-20)14(21)16-2/h9-10,13,17H,3-8,11H2,1-2H3,(H,16,21). The largest absolute Gasteiger partial charge is 0.359 e. The quantitative estimate of drug-likeness (QED) is 0.763. The predicted octanol–water partition coefficient (Wildman–Crippen LogP) is 0.939.